The van der Waals surface area contributed by atoms with Gasteiger partial charge in [-0.25, -0.2) is 9.07 Å². The first-order valence-corrected chi connectivity index (χ1v) is 12.4. The van der Waals surface area contributed by atoms with Crippen LogP contribution < -0.4 is 4.74 Å². The van der Waals surface area contributed by atoms with Gasteiger partial charge in [0, 0.05) is 27.6 Å². The van der Waals surface area contributed by atoms with Crippen LogP contribution in [0.1, 0.15) is 5.69 Å². The molecule has 25 heavy (non-hydrogen) atoms. The molecule has 7 heteroatoms. The van der Waals surface area contributed by atoms with Gasteiger partial charge in [-0.1, -0.05) is 19.6 Å². The lowest BCUT2D eigenvalue weighted by Gasteiger charge is -2.15. The summed E-state index contributed by atoms with van der Waals surface area (Å²) in [7, 11) is 4.40. The topological polar surface area (TPSA) is 39.5 Å². The van der Waals surface area contributed by atoms with E-state index in [1.54, 1.807) is 6.07 Å². The minimum Gasteiger partial charge on any atom is -0.493 e. The summed E-state index contributed by atoms with van der Waals surface area (Å²) in [6.07, 6.45) is 0.727. The molecule has 0 atom stereocenters. The summed E-state index contributed by atoms with van der Waals surface area (Å²) in [6.45, 7) is 8.91. The normalized spacial score (nSPS) is 12.3. The number of nitrogens with zero attached hydrogens (tertiary/aromatic N) is 3. The summed E-state index contributed by atoms with van der Waals surface area (Å²) < 4.78 is 27.1. The molecule has 0 N–H and O–H groups in total. The second-order valence-corrected chi connectivity index (χ2v) is 13.4. The molecule has 0 unspecified atom stereocenters. The Morgan fingerprint density at radius 3 is 2.56 bits per heavy atom. The molecule has 2 rings (SSSR count). The van der Waals surface area contributed by atoms with Gasteiger partial charge in [0.15, 0.2) is 11.6 Å². The Hall–Kier alpha value is -1.44. The fourth-order valence-corrected chi connectivity index (χ4v) is 3.38. The molecule has 0 fully saturated rings. The van der Waals surface area contributed by atoms with Crippen LogP contribution in [0.25, 0.3) is 10.9 Å². The Balaban J connectivity index is 2.27. The molecule has 1 aromatic carbocycles. The van der Waals surface area contributed by atoms with Crippen LogP contribution >= 0.6 is 0 Å². The van der Waals surface area contributed by atoms with Crippen LogP contribution in [0.4, 0.5) is 4.39 Å². The highest BCUT2D eigenvalue weighted by atomic mass is 28.3. The monoisotopic (exact) mass is 367 g/mol. The summed E-state index contributed by atoms with van der Waals surface area (Å²) in [5.74, 6) is -0.0973. The predicted molar refractivity (Wildman–Crippen MR) is 103 cm³/mol. The number of fused-ring (bicyclic) bond motifs is 1. The molecular formula is C18H30FN3O2Si. The molecule has 0 spiro atoms. The minimum atomic E-state index is -1.12. The molecule has 0 amide bonds. The van der Waals surface area contributed by atoms with Crippen molar-refractivity contribution >= 4 is 19.0 Å². The van der Waals surface area contributed by atoms with Crippen molar-refractivity contribution in [3.8, 4) is 5.75 Å². The van der Waals surface area contributed by atoms with Gasteiger partial charge >= 0.3 is 0 Å². The van der Waals surface area contributed by atoms with Crippen LogP contribution in [0.2, 0.25) is 25.7 Å². The van der Waals surface area contributed by atoms with E-state index in [1.807, 2.05) is 18.8 Å². The maximum absolute atomic E-state index is 14.1. The number of likely N-dealkylation sites (N-methyl/N-ethyl adjacent to an activating group) is 1. The predicted octanol–water partition coefficient (Wildman–Crippen LogP) is 3.60. The Labute approximate surface area is 150 Å². The van der Waals surface area contributed by atoms with Crippen molar-refractivity contribution in [3.63, 3.8) is 0 Å². The molecule has 0 saturated heterocycles. The second-order valence-electron chi connectivity index (χ2n) is 7.82. The van der Waals surface area contributed by atoms with Gasteiger partial charge in [-0.2, -0.15) is 5.10 Å². The molecule has 1 aromatic heterocycles. The second kappa shape index (κ2) is 8.29. The minimum absolute atomic E-state index is 0.264. The van der Waals surface area contributed by atoms with E-state index in [4.69, 9.17) is 9.47 Å². The van der Waals surface area contributed by atoms with E-state index in [0.29, 0.717) is 6.73 Å². The van der Waals surface area contributed by atoms with E-state index in [1.165, 1.54) is 13.2 Å². The fourth-order valence-electron chi connectivity index (χ4n) is 2.62. The number of methoxy groups -OCH3 is 1. The summed E-state index contributed by atoms with van der Waals surface area (Å²) in [4.78, 5) is 2.08. The van der Waals surface area contributed by atoms with Gasteiger partial charge in [-0.15, -0.1) is 0 Å². The van der Waals surface area contributed by atoms with Crippen molar-refractivity contribution in [2.24, 2.45) is 0 Å². The maximum atomic E-state index is 14.1. The zero-order valence-corrected chi connectivity index (χ0v) is 17.2. The molecule has 1 heterocycles. The zero-order valence-electron chi connectivity index (χ0n) is 16.2. The van der Waals surface area contributed by atoms with Gasteiger partial charge in [0.25, 0.3) is 0 Å². The fraction of sp³-hybridized carbons (Fsp3) is 0.611. The Bertz CT molecular complexity index is 710. The lowest BCUT2D eigenvalue weighted by molar-refractivity contribution is 0.0813. The maximum Gasteiger partial charge on any atom is 0.165 e. The quantitative estimate of drug-likeness (QED) is 0.501. The molecule has 0 aliphatic carbocycles. The SMILES string of the molecule is COc1c(F)ccc2c1c(CCN(C)C)nn2COCC[Si](C)(C)C. The van der Waals surface area contributed by atoms with Crippen LogP contribution in [0.15, 0.2) is 12.1 Å². The molecule has 0 radical (unpaired) electrons. The van der Waals surface area contributed by atoms with Gasteiger partial charge in [-0.3, -0.25) is 0 Å². The standard InChI is InChI=1S/C18H30FN3O2Si/c1-21(2)10-9-15-17-16(8-7-14(19)18(17)23-3)22(20-15)13-24-11-12-25(4,5)6/h7-8H,9-13H2,1-6H3. The number of benzene rings is 1. The van der Waals surface area contributed by atoms with E-state index in [9.17, 15) is 4.39 Å². The van der Waals surface area contributed by atoms with E-state index >= 15 is 0 Å². The zero-order chi connectivity index (χ0) is 18.6. The van der Waals surface area contributed by atoms with E-state index in [0.717, 1.165) is 42.2 Å². The average molecular weight is 368 g/mol. The van der Waals surface area contributed by atoms with Crippen LogP contribution in [0, 0.1) is 5.82 Å². The van der Waals surface area contributed by atoms with E-state index < -0.39 is 8.07 Å². The Morgan fingerprint density at radius 2 is 1.96 bits per heavy atom. The summed E-state index contributed by atoms with van der Waals surface area (Å²) in [5, 5.41) is 5.42. The molecule has 5 nitrogen and oxygen atoms in total. The molecule has 2 aromatic rings. The highest BCUT2D eigenvalue weighted by molar-refractivity contribution is 6.76. The number of hydrogen-bond donors (Lipinski definition) is 0. The Kier molecular flexibility index (Phi) is 6.59. The van der Waals surface area contributed by atoms with Gasteiger partial charge in [-0.05, 0) is 32.3 Å². The van der Waals surface area contributed by atoms with Crippen LogP contribution in [0.3, 0.4) is 0 Å². The first kappa shape index (κ1) is 19.9. The molecular weight excluding hydrogens is 337 g/mol. The molecule has 0 saturated carbocycles. The summed E-state index contributed by atoms with van der Waals surface area (Å²) >= 11 is 0. The number of ether oxygens (including phenoxy) is 2. The smallest absolute Gasteiger partial charge is 0.165 e. The molecule has 0 bridgehead atoms. The van der Waals surface area contributed by atoms with E-state index in [-0.39, 0.29) is 11.6 Å². The highest BCUT2D eigenvalue weighted by Gasteiger charge is 2.19. The van der Waals surface area contributed by atoms with Gasteiger partial charge in [0.1, 0.15) is 6.73 Å². The lowest BCUT2D eigenvalue weighted by Crippen LogP contribution is -2.22. The first-order chi connectivity index (χ1) is 11.7. The summed E-state index contributed by atoms with van der Waals surface area (Å²) in [5.41, 5.74) is 1.69. The third-order valence-electron chi connectivity index (χ3n) is 4.11. The van der Waals surface area contributed by atoms with E-state index in [2.05, 4.69) is 29.6 Å². The van der Waals surface area contributed by atoms with Crippen molar-refractivity contribution in [2.75, 3.05) is 34.4 Å². The van der Waals surface area contributed by atoms with Crippen molar-refractivity contribution in [3.05, 3.63) is 23.6 Å². The van der Waals surface area contributed by atoms with Crippen molar-refractivity contribution < 1.29 is 13.9 Å². The molecule has 140 valence electrons. The average Bonchev–Trinajstić information content (AvgIpc) is 2.86. The van der Waals surface area contributed by atoms with Gasteiger partial charge in [0.05, 0.1) is 23.7 Å². The van der Waals surface area contributed by atoms with Crippen molar-refractivity contribution in [2.45, 2.75) is 38.8 Å². The third kappa shape index (κ3) is 5.26. The van der Waals surface area contributed by atoms with Crippen molar-refractivity contribution in [1.29, 1.82) is 0 Å². The van der Waals surface area contributed by atoms with Gasteiger partial charge in [0.2, 0.25) is 0 Å². The molecule has 0 aliphatic heterocycles. The van der Waals surface area contributed by atoms with Crippen LogP contribution in [0.5, 0.6) is 5.75 Å². The van der Waals surface area contributed by atoms with Crippen LogP contribution in [-0.2, 0) is 17.9 Å². The number of hydrogen-bond acceptors (Lipinski definition) is 4. The number of halogens is 1. The third-order valence-corrected chi connectivity index (χ3v) is 5.81. The highest BCUT2D eigenvalue weighted by Crippen LogP contribution is 2.32. The molecule has 0 aliphatic rings. The number of aromatic nitrogens is 2. The first-order valence-electron chi connectivity index (χ1n) is 8.67. The van der Waals surface area contributed by atoms with Crippen LogP contribution in [-0.4, -0.2) is 57.1 Å². The largest absolute Gasteiger partial charge is 0.493 e. The van der Waals surface area contributed by atoms with Crippen molar-refractivity contribution in [1.82, 2.24) is 14.7 Å². The summed E-state index contributed by atoms with van der Waals surface area (Å²) in [6, 6.07) is 4.29. The lowest BCUT2D eigenvalue weighted by atomic mass is 10.1. The Morgan fingerprint density at radius 1 is 1.24 bits per heavy atom. The number of rotatable bonds is 9. The van der Waals surface area contributed by atoms with Gasteiger partial charge < -0.3 is 14.4 Å².